The third-order valence-electron chi connectivity index (χ3n) is 6.84. The van der Waals surface area contributed by atoms with Gasteiger partial charge in [-0.2, -0.15) is 0 Å². The van der Waals surface area contributed by atoms with Gasteiger partial charge in [0.05, 0.1) is 11.6 Å². The highest BCUT2D eigenvalue weighted by Crippen LogP contribution is 2.32. The van der Waals surface area contributed by atoms with E-state index in [0.717, 1.165) is 80.9 Å². The van der Waals surface area contributed by atoms with Crippen LogP contribution in [0.2, 0.25) is 5.02 Å². The summed E-state index contributed by atoms with van der Waals surface area (Å²) in [5.74, 6) is 1.54. The maximum atomic E-state index is 9.26. The number of hydrogen-bond donors (Lipinski definition) is 4. The Kier molecular flexibility index (Phi) is 8.84. The molecule has 1 unspecified atom stereocenters. The molecule has 180 valence electrons. The van der Waals surface area contributed by atoms with Gasteiger partial charge in [0.2, 0.25) is 0 Å². The van der Waals surface area contributed by atoms with Gasteiger partial charge in [0.25, 0.3) is 0 Å². The highest BCUT2D eigenvalue weighted by Gasteiger charge is 2.22. The van der Waals surface area contributed by atoms with Crippen LogP contribution in [0.3, 0.4) is 0 Å². The smallest absolute Gasteiger partial charge is 0.126 e. The van der Waals surface area contributed by atoms with Gasteiger partial charge in [-0.3, -0.25) is 0 Å². The number of aliphatic hydroxyl groups excluding tert-OH is 1. The number of nitrogens with one attached hydrogen (secondary N) is 3. The van der Waals surface area contributed by atoms with Crippen LogP contribution in [0.1, 0.15) is 45.4 Å². The molecule has 0 bridgehead atoms. The highest BCUT2D eigenvalue weighted by molar-refractivity contribution is 6.33. The Morgan fingerprint density at radius 3 is 2.61 bits per heavy atom. The van der Waals surface area contributed by atoms with Crippen LogP contribution in [0.5, 0.6) is 0 Å². The first kappa shape index (κ1) is 24.3. The molecule has 1 saturated carbocycles. The quantitative estimate of drug-likeness (QED) is 0.414. The average Bonchev–Trinajstić information content (AvgIpc) is 2.86. The van der Waals surface area contributed by atoms with Crippen LogP contribution in [-0.2, 0) is 4.74 Å². The fourth-order valence-electron chi connectivity index (χ4n) is 4.82. The standard InChI is InChI=1S/C26H37ClN4O2/c1-18(17-32)30-21-5-7-22(8-6-21)31-26-14-24(25(27)16-29-26)20-3-2-4-23(13-20)28-15-19-9-11-33-12-10-19/h2-4,13-14,16,18-19,21-22,28,30,32H,5-12,15,17H2,1H3,(H,29,31). The van der Waals surface area contributed by atoms with Crippen LogP contribution < -0.4 is 16.0 Å². The summed E-state index contributed by atoms with van der Waals surface area (Å²) < 4.78 is 5.47. The minimum absolute atomic E-state index is 0.155. The maximum Gasteiger partial charge on any atom is 0.126 e. The average molecular weight is 473 g/mol. The van der Waals surface area contributed by atoms with Crippen molar-refractivity contribution in [2.45, 2.75) is 63.6 Å². The zero-order valence-corrected chi connectivity index (χ0v) is 20.3. The molecule has 4 N–H and O–H groups in total. The second-order valence-electron chi connectivity index (χ2n) is 9.51. The number of halogens is 1. The first-order valence-electron chi connectivity index (χ1n) is 12.3. The van der Waals surface area contributed by atoms with Crippen LogP contribution >= 0.6 is 11.6 Å². The van der Waals surface area contributed by atoms with E-state index >= 15 is 0 Å². The Hall–Kier alpha value is -1.86. The van der Waals surface area contributed by atoms with Crippen molar-refractivity contribution in [3.63, 3.8) is 0 Å². The van der Waals surface area contributed by atoms with Crippen LogP contribution in [-0.4, -0.2) is 54.6 Å². The van der Waals surface area contributed by atoms with Crippen molar-refractivity contribution in [2.75, 3.05) is 37.0 Å². The van der Waals surface area contributed by atoms with E-state index in [2.05, 4.69) is 51.3 Å². The normalized spacial score (nSPS) is 22.6. The molecule has 0 spiro atoms. The van der Waals surface area contributed by atoms with E-state index in [9.17, 15) is 5.11 Å². The van der Waals surface area contributed by atoms with Gasteiger partial charge in [-0.05, 0) is 75.1 Å². The van der Waals surface area contributed by atoms with Crippen molar-refractivity contribution in [3.05, 3.63) is 41.6 Å². The molecule has 1 atom stereocenters. The molecule has 2 fully saturated rings. The Morgan fingerprint density at radius 1 is 1.09 bits per heavy atom. The lowest BCUT2D eigenvalue weighted by Gasteiger charge is -2.31. The lowest BCUT2D eigenvalue weighted by molar-refractivity contribution is 0.0699. The summed E-state index contributed by atoms with van der Waals surface area (Å²) in [6.45, 7) is 4.92. The van der Waals surface area contributed by atoms with E-state index in [4.69, 9.17) is 16.3 Å². The monoisotopic (exact) mass is 472 g/mol. The molecule has 6 nitrogen and oxygen atoms in total. The SMILES string of the molecule is CC(CO)NC1CCC(Nc2cc(-c3cccc(NCC4CCOCC4)c3)c(Cl)cn2)CC1. The summed E-state index contributed by atoms with van der Waals surface area (Å²) in [5.41, 5.74) is 3.20. The minimum atomic E-state index is 0.155. The molecule has 0 amide bonds. The number of anilines is 2. The number of aromatic nitrogens is 1. The van der Waals surface area contributed by atoms with Crippen molar-refractivity contribution < 1.29 is 9.84 Å². The van der Waals surface area contributed by atoms with Crippen LogP contribution in [0.4, 0.5) is 11.5 Å². The number of benzene rings is 1. The second kappa shape index (κ2) is 12.0. The third-order valence-corrected chi connectivity index (χ3v) is 7.14. The number of pyridine rings is 1. The largest absolute Gasteiger partial charge is 0.395 e. The number of hydrogen-bond acceptors (Lipinski definition) is 6. The molecule has 1 aliphatic heterocycles. The molecule has 2 aliphatic rings. The fraction of sp³-hybridized carbons (Fsp3) is 0.577. The lowest BCUT2D eigenvalue weighted by Crippen LogP contribution is -2.42. The number of rotatable bonds is 9. The third kappa shape index (κ3) is 7.06. The molecule has 0 radical (unpaired) electrons. The van der Waals surface area contributed by atoms with Gasteiger partial charge in [-0.25, -0.2) is 4.98 Å². The van der Waals surface area contributed by atoms with Crippen LogP contribution in [0, 0.1) is 5.92 Å². The molecule has 7 heteroatoms. The number of ether oxygens (including phenoxy) is 1. The van der Waals surface area contributed by atoms with E-state index in [1.54, 1.807) is 6.20 Å². The van der Waals surface area contributed by atoms with E-state index in [0.29, 0.717) is 23.0 Å². The Balaban J connectivity index is 1.36. The van der Waals surface area contributed by atoms with Crippen molar-refractivity contribution in [1.82, 2.24) is 10.3 Å². The molecule has 1 aromatic heterocycles. The molecule has 2 heterocycles. The highest BCUT2D eigenvalue weighted by atomic mass is 35.5. The van der Waals surface area contributed by atoms with Gasteiger partial charge in [0.1, 0.15) is 5.82 Å². The van der Waals surface area contributed by atoms with Gasteiger partial charge >= 0.3 is 0 Å². The topological polar surface area (TPSA) is 78.4 Å². The minimum Gasteiger partial charge on any atom is -0.395 e. The van der Waals surface area contributed by atoms with E-state index in [-0.39, 0.29) is 12.6 Å². The zero-order valence-electron chi connectivity index (χ0n) is 19.5. The van der Waals surface area contributed by atoms with Crippen molar-refractivity contribution in [1.29, 1.82) is 0 Å². The molecule has 4 rings (SSSR count). The predicted octanol–water partition coefficient (Wildman–Crippen LogP) is 4.93. The summed E-state index contributed by atoms with van der Waals surface area (Å²) in [5, 5.41) is 20.6. The predicted molar refractivity (Wildman–Crippen MR) is 136 cm³/mol. The number of aliphatic hydroxyl groups is 1. The Morgan fingerprint density at radius 2 is 1.85 bits per heavy atom. The molecular weight excluding hydrogens is 436 g/mol. The van der Waals surface area contributed by atoms with E-state index < -0.39 is 0 Å². The summed E-state index contributed by atoms with van der Waals surface area (Å²) in [6, 6.07) is 11.6. The van der Waals surface area contributed by atoms with Gasteiger partial charge in [0, 0.05) is 55.3 Å². The first-order chi connectivity index (χ1) is 16.1. The summed E-state index contributed by atoms with van der Waals surface area (Å²) in [4.78, 5) is 4.54. The van der Waals surface area contributed by atoms with Gasteiger partial charge in [0.15, 0.2) is 0 Å². The van der Waals surface area contributed by atoms with Gasteiger partial charge < -0.3 is 25.8 Å². The molecule has 33 heavy (non-hydrogen) atoms. The van der Waals surface area contributed by atoms with E-state index in [1.807, 2.05) is 6.92 Å². The van der Waals surface area contributed by atoms with E-state index in [1.165, 1.54) is 0 Å². The zero-order chi connectivity index (χ0) is 23.0. The maximum absolute atomic E-state index is 9.26. The van der Waals surface area contributed by atoms with Gasteiger partial charge in [-0.1, -0.05) is 23.7 Å². The Labute approximate surface area is 202 Å². The van der Waals surface area contributed by atoms with Crippen molar-refractivity contribution in [3.8, 4) is 11.1 Å². The molecule has 1 aliphatic carbocycles. The summed E-state index contributed by atoms with van der Waals surface area (Å²) in [6.07, 6.45) is 8.36. The van der Waals surface area contributed by atoms with Crippen LogP contribution in [0.25, 0.3) is 11.1 Å². The molecule has 1 saturated heterocycles. The number of nitrogens with zero attached hydrogens (tertiary/aromatic N) is 1. The summed E-state index contributed by atoms with van der Waals surface area (Å²) >= 11 is 6.55. The Bertz CT molecular complexity index is 882. The first-order valence-corrected chi connectivity index (χ1v) is 12.7. The van der Waals surface area contributed by atoms with Crippen molar-refractivity contribution in [2.24, 2.45) is 5.92 Å². The van der Waals surface area contributed by atoms with Crippen LogP contribution in [0.15, 0.2) is 36.5 Å². The molecule has 2 aromatic rings. The molecular formula is C26H37ClN4O2. The summed E-state index contributed by atoms with van der Waals surface area (Å²) in [7, 11) is 0. The second-order valence-corrected chi connectivity index (χ2v) is 9.92. The fourth-order valence-corrected chi connectivity index (χ4v) is 5.03. The van der Waals surface area contributed by atoms with Crippen molar-refractivity contribution >= 4 is 23.1 Å². The molecule has 1 aromatic carbocycles. The lowest BCUT2D eigenvalue weighted by atomic mass is 9.90. The van der Waals surface area contributed by atoms with Gasteiger partial charge in [-0.15, -0.1) is 0 Å².